The van der Waals surface area contributed by atoms with Gasteiger partial charge in [-0.25, -0.2) is 0 Å². The third-order valence-corrected chi connectivity index (χ3v) is 1.29. The van der Waals surface area contributed by atoms with Crippen molar-refractivity contribution in [3.63, 3.8) is 0 Å². The molecule has 0 aliphatic heterocycles. The number of hydrogen-bond acceptors (Lipinski definition) is 1. The summed E-state index contributed by atoms with van der Waals surface area (Å²) in [6, 6.07) is 0. The number of rotatable bonds is 4. The van der Waals surface area contributed by atoms with Crippen molar-refractivity contribution in [3.05, 3.63) is 0 Å². The zero-order valence-electron chi connectivity index (χ0n) is 6.29. The Morgan fingerprint density at radius 1 is 1.40 bits per heavy atom. The number of ketones is 1. The summed E-state index contributed by atoms with van der Waals surface area (Å²) in [6.45, 7) is 3.09. The lowest BCUT2D eigenvalue weighted by atomic mass is 10.1. The average Bonchev–Trinajstić information content (AvgIpc) is 1.86. The fourth-order valence-corrected chi connectivity index (χ4v) is 0.712. The van der Waals surface area contributed by atoms with E-state index in [1.807, 2.05) is 0 Å². The van der Waals surface area contributed by atoms with Gasteiger partial charge in [-0.1, -0.05) is 13.8 Å². The summed E-state index contributed by atoms with van der Waals surface area (Å²) < 4.78 is 24.9. The van der Waals surface area contributed by atoms with E-state index in [-0.39, 0.29) is 12.8 Å². The Bertz CT molecular complexity index is 121. The van der Waals surface area contributed by atoms with Gasteiger partial charge in [0.05, 0.1) is 0 Å². The molecule has 60 valence electrons. The van der Waals surface area contributed by atoms with E-state index >= 15 is 0 Å². The maximum Gasteiger partial charge on any atom is 0.305 e. The van der Waals surface area contributed by atoms with E-state index in [9.17, 15) is 13.6 Å². The van der Waals surface area contributed by atoms with Crippen molar-refractivity contribution in [1.29, 1.82) is 0 Å². The van der Waals surface area contributed by atoms with Crippen molar-refractivity contribution in [3.8, 4) is 0 Å². The molecule has 0 unspecified atom stereocenters. The van der Waals surface area contributed by atoms with E-state index in [1.165, 1.54) is 6.92 Å². The molecule has 0 rings (SSSR count). The van der Waals surface area contributed by atoms with Crippen molar-refractivity contribution >= 4 is 5.78 Å². The van der Waals surface area contributed by atoms with Gasteiger partial charge in [0, 0.05) is 12.8 Å². The Labute approximate surface area is 59.4 Å². The molecule has 0 N–H and O–H groups in total. The molecule has 0 aromatic carbocycles. The molecule has 0 bridgehead atoms. The van der Waals surface area contributed by atoms with Crippen LogP contribution in [0.25, 0.3) is 0 Å². The van der Waals surface area contributed by atoms with Crippen LogP contribution in [0.4, 0.5) is 8.78 Å². The molecule has 10 heavy (non-hydrogen) atoms. The molecule has 0 aromatic rings. The third kappa shape index (κ3) is 2.42. The molecule has 0 saturated carbocycles. The Hall–Kier alpha value is -0.470. The molecule has 0 aromatic heterocycles. The highest BCUT2D eigenvalue weighted by molar-refractivity contribution is 5.85. The second kappa shape index (κ2) is 3.64. The van der Waals surface area contributed by atoms with Gasteiger partial charge in [-0.05, 0) is 6.42 Å². The third-order valence-electron chi connectivity index (χ3n) is 1.29. The topological polar surface area (TPSA) is 17.1 Å². The first-order valence-corrected chi connectivity index (χ1v) is 3.45. The first-order chi connectivity index (χ1) is 4.54. The van der Waals surface area contributed by atoms with E-state index in [0.29, 0.717) is 6.42 Å². The van der Waals surface area contributed by atoms with E-state index in [4.69, 9.17) is 0 Å². The van der Waals surface area contributed by atoms with Gasteiger partial charge in [0.1, 0.15) is 0 Å². The van der Waals surface area contributed by atoms with Crippen LogP contribution in [0.2, 0.25) is 0 Å². The van der Waals surface area contributed by atoms with Gasteiger partial charge in [-0.2, -0.15) is 8.78 Å². The molecule has 0 saturated heterocycles. The van der Waals surface area contributed by atoms with Crippen LogP contribution in [-0.4, -0.2) is 11.7 Å². The molecular weight excluding hydrogens is 138 g/mol. The van der Waals surface area contributed by atoms with Crippen molar-refractivity contribution in [2.75, 3.05) is 0 Å². The second-order valence-corrected chi connectivity index (χ2v) is 2.23. The molecule has 0 spiro atoms. The van der Waals surface area contributed by atoms with Gasteiger partial charge >= 0.3 is 5.92 Å². The standard InChI is InChI=1S/C7H12F2O/c1-3-5-7(8,9)6(10)4-2/h3-5H2,1-2H3. The van der Waals surface area contributed by atoms with Gasteiger partial charge in [-0.3, -0.25) is 4.79 Å². The Morgan fingerprint density at radius 2 is 1.90 bits per heavy atom. The molecule has 0 atom stereocenters. The second-order valence-electron chi connectivity index (χ2n) is 2.23. The summed E-state index contributed by atoms with van der Waals surface area (Å²) in [6.07, 6.45) is -0.0502. The summed E-state index contributed by atoms with van der Waals surface area (Å²) in [5.74, 6) is -4.03. The minimum Gasteiger partial charge on any atom is -0.293 e. The fourth-order valence-electron chi connectivity index (χ4n) is 0.712. The minimum absolute atomic E-state index is 0.0764. The largest absolute Gasteiger partial charge is 0.305 e. The van der Waals surface area contributed by atoms with Crippen molar-refractivity contribution < 1.29 is 13.6 Å². The first kappa shape index (κ1) is 9.53. The highest BCUT2D eigenvalue weighted by Crippen LogP contribution is 2.22. The van der Waals surface area contributed by atoms with Crippen LogP contribution in [0, 0.1) is 0 Å². The predicted octanol–water partition coefficient (Wildman–Crippen LogP) is 2.40. The van der Waals surface area contributed by atoms with Gasteiger partial charge in [0.2, 0.25) is 5.78 Å². The summed E-state index contributed by atoms with van der Waals surface area (Å²) in [7, 11) is 0. The molecule has 0 aliphatic carbocycles. The quantitative estimate of drug-likeness (QED) is 0.601. The van der Waals surface area contributed by atoms with Crippen LogP contribution in [0.15, 0.2) is 0 Å². The van der Waals surface area contributed by atoms with Gasteiger partial charge in [0.15, 0.2) is 0 Å². The summed E-state index contributed by atoms with van der Waals surface area (Å²) >= 11 is 0. The molecule has 0 heterocycles. The minimum atomic E-state index is -3.08. The monoisotopic (exact) mass is 150 g/mol. The van der Waals surface area contributed by atoms with Crippen LogP contribution < -0.4 is 0 Å². The number of carbonyl (C=O) groups excluding carboxylic acids is 1. The molecule has 0 radical (unpaired) electrons. The van der Waals surface area contributed by atoms with Crippen LogP contribution in [0.5, 0.6) is 0 Å². The number of halogens is 2. The van der Waals surface area contributed by atoms with Crippen molar-refractivity contribution in [1.82, 2.24) is 0 Å². The maximum absolute atomic E-state index is 12.5. The van der Waals surface area contributed by atoms with E-state index in [0.717, 1.165) is 0 Å². The predicted molar refractivity (Wildman–Crippen MR) is 35.2 cm³/mol. The normalized spacial score (nSPS) is 11.6. The average molecular weight is 150 g/mol. The Balaban J connectivity index is 3.96. The Kier molecular flexibility index (Phi) is 3.47. The molecule has 0 aliphatic rings. The lowest BCUT2D eigenvalue weighted by Crippen LogP contribution is -2.27. The zero-order chi connectivity index (χ0) is 8.20. The summed E-state index contributed by atoms with van der Waals surface area (Å²) in [5, 5.41) is 0. The number of carbonyl (C=O) groups is 1. The molecule has 1 nitrogen and oxygen atoms in total. The van der Waals surface area contributed by atoms with Crippen molar-refractivity contribution in [2.24, 2.45) is 0 Å². The van der Waals surface area contributed by atoms with E-state index < -0.39 is 11.7 Å². The van der Waals surface area contributed by atoms with Gasteiger partial charge < -0.3 is 0 Å². The SMILES string of the molecule is CCCC(F)(F)C(=O)CC. The van der Waals surface area contributed by atoms with Crippen molar-refractivity contribution in [2.45, 2.75) is 39.0 Å². The van der Waals surface area contributed by atoms with Crippen LogP contribution in [-0.2, 0) is 4.79 Å². The van der Waals surface area contributed by atoms with E-state index in [1.54, 1.807) is 6.92 Å². The highest BCUT2D eigenvalue weighted by Gasteiger charge is 2.35. The molecule has 0 amide bonds. The summed E-state index contributed by atoms with van der Waals surface area (Å²) in [5.41, 5.74) is 0. The number of Topliss-reactive ketones (excluding diaryl/α,β-unsaturated/α-hetero) is 1. The molecule has 0 fully saturated rings. The van der Waals surface area contributed by atoms with Crippen LogP contribution >= 0.6 is 0 Å². The highest BCUT2D eigenvalue weighted by atomic mass is 19.3. The molecule has 3 heteroatoms. The number of hydrogen-bond donors (Lipinski definition) is 0. The summed E-state index contributed by atoms with van der Waals surface area (Å²) in [4.78, 5) is 10.5. The lowest BCUT2D eigenvalue weighted by Gasteiger charge is -2.11. The van der Waals surface area contributed by atoms with Gasteiger partial charge in [-0.15, -0.1) is 0 Å². The Morgan fingerprint density at radius 3 is 2.20 bits per heavy atom. The fraction of sp³-hybridized carbons (Fsp3) is 0.857. The zero-order valence-corrected chi connectivity index (χ0v) is 6.29. The van der Waals surface area contributed by atoms with Gasteiger partial charge in [0.25, 0.3) is 0 Å². The van der Waals surface area contributed by atoms with E-state index in [2.05, 4.69) is 0 Å². The lowest BCUT2D eigenvalue weighted by molar-refractivity contribution is -0.143. The van der Waals surface area contributed by atoms with Crippen LogP contribution in [0.1, 0.15) is 33.1 Å². The van der Waals surface area contributed by atoms with Crippen LogP contribution in [0.3, 0.4) is 0 Å². The maximum atomic E-state index is 12.5. The number of alkyl halides is 2. The smallest absolute Gasteiger partial charge is 0.293 e. The first-order valence-electron chi connectivity index (χ1n) is 3.45. The molecular formula is C7H12F2O.